The van der Waals surface area contributed by atoms with Crippen molar-refractivity contribution in [1.82, 2.24) is 9.80 Å². The second-order valence-corrected chi connectivity index (χ2v) is 6.27. The van der Waals surface area contributed by atoms with Crippen molar-refractivity contribution >= 4 is 5.91 Å². The van der Waals surface area contributed by atoms with Crippen molar-refractivity contribution in [3.63, 3.8) is 0 Å². The molecule has 1 amide bonds. The zero-order valence-electron chi connectivity index (χ0n) is 11.8. The van der Waals surface area contributed by atoms with Gasteiger partial charge >= 0.3 is 0 Å². The summed E-state index contributed by atoms with van der Waals surface area (Å²) in [6.45, 7) is 9.61. The Morgan fingerprint density at radius 2 is 2.12 bits per heavy atom. The summed E-state index contributed by atoms with van der Waals surface area (Å²) in [5.74, 6) is 0.203. The third-order valence-electron chi connectivity index (χ3n) is 2.93. The molecule has 0 aliphatic carbocycles. The van der Waals surface area contributed by atoms with Crippen LogP contribution in [0.4, 0.5) is 0 Å². The number of likely N-dealkylation sites (N-methyl/N-ethyl adjacent to an activating group) is 2. The van der Waals surface area contributed by atoms with Gasteiger partial charge in [0.2, 0.25) is 5.91 Å². The lowest BCUT2D eigenvalue weighted by atomic mass is 9.91. The highest BCUT2D eigenvalue weighted by atomic mass is 16.5. The predicted molar refractivity (Wildman–Crippen MR) is 68.9 cm³/mol. The topological polar surface area (TPSA) is 32.8 Å². The molecule has 1 unspecified atom stereocenters. The first-order valence-corrected chi connectivity index (χ1v) is 6.32. The lowest BCUT2D eigenvalue weighted by Crippen LogP contribution is -2.46. The number of morpholine rings is 1. The maximum Gasteiger partial charge on any atom is 0.222 e. The van der Waals surface area contributed by atoms with Crippen molar-refractivity contribution in [2.24, 2.45) is 5.41 Å². The summed E-state index contributed by atoms with van der Waals surface area (Å²) >= 11 is 0. The molecule has 100 valence electrons. The minimum absolute atomic E-state index is 0.0511. The summed E-state index contributed by atoms with van der Waals surface area (Å²) < 4.78 is 5.66. The Balaban J connectivity index is 2.37. The maximum atomic E-state index is 12.0. The summed E-state index contributed by atoms with van der Waals surface area (Å²) in [6, 6.07) is 0. The second-order valence-electron chi connectivity index (χ2n) is 6.27. The highest BCUT2D eigenvalue weighted by Gasteiger charge is 2.23. The van der Waals surface area contributed by atoms with Gasteiger partial charge in [-0.25, -0.2) is 0 Å². The van der Waals surface area contributed by atoms with Crippen LogP contribution in [0.15, 0.2) is 0 Å². The van der Waals surface area contributed by atoms with Gasteiger partial charge in [0.25, 0.3) is 0 Å². The van der Waals surface area contributed by atoms with Gasteiger partial charge in [0.1, 0.15) is 0 Å². The average Bonchev–Trinajstić information content (AvgIpc) is 2.14. The van der Waals surface area contributed by atoms with Gasteiger partial charge < -0.3 is 14.5 Å². The van der Waals surface area contributed by atoms with Crippen molar-refractivity contribution in [2.45, 2.75) is 33.3 Å². The molecule has 1 fully saturated rings. The number of rotatable bonds is 3. The molecule has 1 heterocycles. The Morgan fingerprint density at radius 1 is 1.47 bits per heavy atom. The first kappa shape index (κ1) is 14.5. The first-order valence-electron chi connectivity index (χ1n) is 6.32. The van der Waals surface area contributed by atoms with Crippen molar-refractivity contribution < 1.29 is 9.53 Å². The van der Waals surface area contributed by atoms with E-state index in [1.165, 1.54) is 0 Å². The van der Waals surface area contributed by atoms with Gasteiger partial charge in [-0.15, -0.1) is 0 Å². The van der Waals surface area contributed by atoms with E-state index in [4.69, 9.17) is 4.74 Å². The number of hydrogen-bond donors (Lipinski definition) is 0. The monoisotopic (exact) mass is 242 g/mol. The Morgan fingerprint density at radius 3 is 2.65 bits per heavy atom. The molecule has 0 saturated carbocycles. The van der Waals surface area contributed by atoms with E-state index in [9.17, 15) is 4.79 Å². The minimum Gasteiger partial charge on any atom is -0.374 e. The fourth-order valence-corrected chi connectivity index (χ4v) is 1.97. The Labute approximate surface area is 105 Å². The van der Waals surface area contributed by atoms with E-state index < -0.39 is 0 Å². The molecule has 0 radical (unpaired) electrons. The Hall–Kier alpha value is -0.610. The fourth-order valence-electron chi connectivity index (χ4n) is 1.97. The molecule has 1 saturated heterocycles. The number of ether oxygens (including phenoxy) is 1. The summed E-state index contributed by atoms with van der Waals surface area (Å²) in [4.78, 5) is 16.0. The molecule has 0 aromatic carbocycles. The van der Waals surface area contributed by atoms with Crippen molar-refractivity contribution in [1.29, 1.82) is 0 Å². The van der Waals surface area contributed by atoms with Crippen molar-refractivity contribution in [3.8, 4) is 0 Å². The average molecular weight is 242 g/mol. The molecule has 0 N–H and O–H groups in total. The summed E-state index contributed by atoms with van der Waals surface area (Å²) in [7, 11) is 3.96. The Bertz CT molecular complexity index is 261. The SMILES string of the molecule is CN1CCOC(CN(C)C(=O)CC(C)(C)C)C1. The molecule has 0 aromatic heterocycles. The van der Waals surface area contributed by atoms with Crippen LogP contribution in [0.5, 0.6) is 0 Å². The highest BCUT2D eigenvalue weighted by Crippen LogP contribution is 2.19. The molecular weight excluding hydrogens is 216 g/mol. The quantitative estimate of drug-likeness (QED) is 0.746. The molecule has 0 bridgehead atoms. The van der Waals surface area contributed by atoms with Crippen LogP contribution in [0.3, 0.4) is 0 Å². The van der Waals surface area contributed by atoms with Gasteiger partial charge in [0.15, 0.2) is 0 Å². The van der Waals surface area contributed by atoms with Crippen LogP contribution >= 0.6 is 0 Å². The predicted octanol–water partition coefficient (Wildman–Crippen LogP) is 1.21. The molecule has 1 aliphatic rings. The molecule has 1 atom stereocenters. The summed E-state index contributed by atoms with van der Waals surface area (Å²) in [5, 5.41) is 0. The zero-order valence-corrected chi connectivity index (χ0v) is 11.8. The zero-order chi connectivity index (χ0) is 13.1. The number of nitrogens with zero attached hydrogens (tertiary/aromatic N) is 2. The summed E-state index contributed by atoms with van der Waals surface area (Å²) in [5.41, 5.74) is 0.0511. The van der Waals surface area contributed by atoms with Gasteiger partial charge in [-0.3, -0.25) is 4.79 Å². The van der Waals surface area contributed by atoms with E-state index in [1.54, 1.807) is 4.90 Å². The van der Waals surface area contributed by atoms with Crippen LogP contribution in [-0.4, -0.2) is 62.1 Å². The van der Waals surface area contributed by atoms with Crippen LogP contribution in [-0.2, 0) is 9.53 Å². The van der Waals surface area contributed by atoms with E-state index in [0.717, 1.165) is 19.7 Å². The first-order chi connectivity index (χ1) is 7.78. The molecular formula is C13H26N2O2. The van der Waals surface area contributed by atoms with E-state index in [-0.39, 0.29) is 17.4 Å². The van der Waals surface area contributed by atoms with Gasteiger partial charge in [0, 0.05) is 33.1 Å². The number of carbonyl (C=O) groups excluding carboxylic acids is 1. The van der Waals surface area contributed by atoms with Crippen molar-refractivity contribution in [3.05, 3.63) is 0 Å². The van der Waals surface area contributed by atoms with Crippen LogP contribution in [0.2, 0.25) is 0 Å². The molecule has 1 aliphatic heterocycles. The fraction of sp³-hybridized carbons (Fsp3) is 0.923. The van der Waals surface area contributed by atoms with Gasteiger partial charge in [-0.05, 0) is 12.5 Å². The highest BCUT2D eigenvalue weighted by molar-refractivity contribution is 5.76. The van der Waals surface area contributed by atoms with E-state index in [1.807, 2.05) is 7.05 Å². The van der Waals surface area contributed by atoms with Crippen molar-refractivity contribution in [2.75, 3.05) is 40.3 Å². The molecule has 17 heavy (non-hydrogen) atoms. The normalized spacial score (nSPS) is 22.5. The molecule has 0 aromatic rings. The van der Waals surface area contributed by atoms with E-state index in [2.05, 4.69) is 32.7 Å². The Kier molecular flexibility index (Phi) is 4.95. The molecule has 1 rings (SSSR count). The lowest BCUT2D eigenvalue weighted by Gasteiger charge is -2.33. The van der Waals surface area contributed by atoms with Crippen LogP contribution in [0.25, 0.3) is 0 Å². The lowest BCUT2D eigenvalue weighted by molar-refractivity contribution is -0.134. The largest absolute Gasteiger partial charge is 0.374 e. The van der Waals surface area contributed by atoms with Crippen LogP contribution in [0.1, 0.15) is 27.2 Å². The number of hydrogen-bond acceptors (Lipinski definition) is 3. The molecule has 0 spiro atoms. The minimum atomic E-state index is 0.0511. The van der Waals surface area contributed by atoms with Gasteiger partial charge in [-0.2, -0.15) is 0 Å². The standard InChI is InChI=1S/C13H26N2O2/c1-13(2,3)8-12(16)15(5)10-11-9-14(4)6-7-17-11/h11H,6-10H2,1-5H3. The third-order valence-corrected chi connectivity index (χ3v) is 2.93. The molecule has 4 nitrogen and oxygen atoms in total. The summed E-state index contributed by atoms with van der Waals surface area (Å²) in [6.07, 6.45) is 0.745. The van der Waals surface area contributed by atoms with E-state index in [0.29, 0.717) is 13.0 Å². The number of amides is 1. The van der Waals surface area contributed by atoms with Crippen LogP contribution < -0.4 is 0 Å². The molecule has 4 heteroatoms. The van der Waals surface area contributed by atoms with Gasteiger partial charge in [0.05, 0.1) is 12.7 Å². The maximum absolute atomic E-state index is 12.0. The van der Waals surface area contributed by atoms with Gasteiger partial charge in [-0.1, -0.05) is 20.8 Å². The smallest absolute Gasteiger partial charge is 0.222 e. The number of carbonyl (C=O) groups is 1. The van der Waals surface area contributed by atoms with E-state index >= 15 is 0 Å². The third kappa shape index (κ3) is 5.50. The van der Waals surface area contributed by atoms with Crippen LogP contribution in [0, 0.1) is 5.41 Å². The second kappa shape index (κ2) is 5.83.